The summed E-state index contributed by atoms with van der Waals surface area (Å²) in [6.07, 6.45) is 0. The van der Waals surface area contributed by atoms with Crippen LogP contribution in [0.1, 0.15) is 5.56 Å². The predicted octanol–water partition coefficient (Wildman–Crippen LogP) is 4.10. The van der Waals surface area contributed by atoms with Gasteiger partial charge in [-0.3, -0.25) is 19.2 Å². The second-order valence-corrected chi connectivity index (χ2v) is 9.28. The zero-order valence-corrected chi connectivity index (χ0v) is 18.7. The highest BCUT2D eigenvalue weighted by molar-refractivity contribution is 7.92. The number of non-ortho nitro benzene ring substituents is 1. The molecule has 10 heteroatoms. The molecule has 0 fully saturated rings. The van der Waals surface area contributed by atoms with Gasteiger partial charge in [0.2, 0.25) is 5.91 Å². The highest BCUT2D eigenvalue weighted by Crippen LogP contribution is 2.27. The van der Waals surface area contributed by atoms with E-state index in [0.29, 0.717) is 5.02 Å². The van der Waals surface area contributed by atoms with Crippen LogP contribution in [0.15, 0.2) is 83.8 Å². The third-order valence-electron chi connectivity index (χ3n) is 4.70. The normalized spacial score (nSPS) is 11.1. The summed E-state index contributed by atoms with van der Waals surface area (Å²) in [6.45, 7) is -0.285. The summed E-state index contributed by atoms with van der Waals surface area (Å²) in [6, 6.07) is 19.7. The molecule has 0 atom stereocenters. The van der Waals surface area contributed by atoms with Crippen LogP contribution in [-0.2, 0) is 21.4 Å². The number of nitro benzene ring substituents is 1. The van der Waals surface area contributed by atoms with Crippen molar-refractivity contribution in [1.82, 2.24) is 4.90 Å². The molecular weight excluding hydrogens is 454 g/mol. The van der Waals surface area contributed by atoms with Gasteiger partial charge in [-0.05, 0) is 35.9 Å². The SMILES string of the molecule is CN(Cc1ccc(Cl)cc1)C(=O)CN(c1cccc([N+](=O)[O-])c1)S(=O)(=O)c1ccccc1. The zero-order chi connectivity index (χ0) is 23.3. The molecule has 0 N–H and O–H groups in total. The molecule has 0 spiro atoms. The molecule has 32 heavy (non-hydrogen) atoms. The van der Waals surface area contributed by atoms with Crippen molar-refractivity contribution in [3.63, 3.8) is 0 Å². The molecule has 0 aromatic heterocycles. The molecule has 0 radical (unpaired) electrons. The van der Waals surface area contributed by atoms with Crippen LogP contribution in [0, 0.1) is 10.1 Å². The number of halogens is 1. The van der Waals surface area contributed by atoms with E-state index < -0.39 is 27.4 Å². The van der Waals surface area contributed by atoms with Gasteiger partial charge in [-0.2, -0.15) is 0 Å². The van der Waals surface area contributed by atoms with Gasteiger partial charge in [0.1, 0.15) is 6.54 Å². The molecule has 1 amide bonds. The number of hydrogen-bond acceptors (Lipinski definition) is 5. The van der Waals surface area contributed by atoms with Crippen LogP contribution >= 0.6 is 11.6 Å². The fourth-order valence-corrected chi connectivity index (χ4v) is 4.54. The third-order valence-corrected chi connectivity index (χ3v) is 6.74. The smallest absolute Gasteiger partial charge is 0.271 e. The standard InChI is InChI=1S/C22H20ClN3O5S/c1-24(15-17-10-12-18(23)13-11-17)22(27)16-25(19-6-5-7-20(14-19)26(28)29)32(30,31)21-8-3-2-4-9-21/h2-14H,15-16H2,1H3. The molecule has 3 rings (SSSR count). The first-order chi connectivity index (χ1) is 15.2. The molecular formula is C22H20ClN3O5S. The van der Waals surface area contributed by atoms with Crippen molar-refractivity contribution < 1.29 is 18.1 Å². The first-order valence-corrected chi connectivity index (χ1v) is 11.3. The maximum absolute atomic E-state index is 13.3. The van der Waals surface area contributed by atoms with E-state index in [1.54, 1.807) is 49.5 Å². The molecule has 166 valence electrons. The maximum Gasteiger partial charge on any atom is 0.271 e. The molecule has 3 aromatic carbocycles. The molecule has 0 saturated heterocycles. The monoisotopic (exact) mass is 473 g/mol. The molecule has 0 aliphatic heterocycles. The molecule has 0 aliphatic rings. The van der Waals surface area contributed by atoms with Gasteiger partial charge in [0.05, 0.1) is 15.5 Å². The van der Waals surface area contributed by atoms with Crippen LogP contribution in [0.2, 0.25) is 5.02 Å². The Morgan fingerprint density at radius 1 is 1.00 bits per heavy atom. The number of likely N-dealkylation sites (N-methyl/N-ethyl adjacent to an activating group) is 1. The lowest BCUT2D eigenvalue weighted by Crippen LogP contribution is -2.41. The minimum Gasteiger partial charge on any atom is -0.340 e. The van der Waals surface area contributed by atoms with E-state index in [1.807, 2.05) is 0 Å². The number of amides is 1. The molecule has 0 unspecified atom stereocenters. The first kappa shape index (κ1) is 23.2. The summed E-state index contributed by atoms with van der Waals surface area (Å²) in [5.41, 5.74) is 0.562. The Labute approximate surface area is 190 Å². The zero-order valence-electron chi connectivity index (χ0n) is 17.1. The van der Waals surface area contributed by atoms with E-state index in [0.717, 1.165) is 15.9 Å². The number of carbonyl (C=O) groups excluding carboxylic acids is 1. The average Bonchev–Trinajstić information content (AvgIpc) is 2.79. The van der Waals surface area contributed by atoms with Crippen molar-refractivity contribution in [2.75, 3.05) is 17.9 Å². The number of hydrogen-bond donors (Lipinski definition) is 0. The Hall–Kier alpha value is -3.43. The summed E-state index contributed by atoms with van der Waals surface area (Å²) in [7, 11) is -2.60. The average molecular weight is 474 g/mol. The minimum atomic E-state index is -4.16. The maximum atomic E-state index is 13.3. The van der Waals surface area contributed by atoms with Crippen LogP contribution in [0.25, 0.3) is 0 Å². The first-order valence-electron chi connectivity index (χ1n) is 9.49. The number of nitro groups is 1. The topological polar surface area (TPSA) is 101 Å². The van der Waals surface area contributed by atoms with E-state index in [4.69, 9.17) is 11.6 Å². The quantitative estimate of drug-likeness (QED) is 0.362. The van der Waals surface area contributed by atoms with Crippen molar-refractivity contribution in [1.29, 1.82) is 0 Å². The van der Waals surface area contributed by atoms with Gasteiger partial charge in [-0.25, -0.2) is 8.42 Å². The Kier molecular flexibility index (Phi) is 7.12. The van der Waals surface area contributed by atoms with Crippen LogP contribution in [0.5, 0.6) is 0 Å². The van der Waals surface area contributed by atoms with Crippen molar-refractivity contribution in [2.24, 2.45) is 0 Å². The van der Waals surface area contributed by atoms with Crippen molar-refractivity contribution in [3.8, 4) is 0 Å². The van der Waals surface area contributed by atoms with Gasteiger partial charge in [0.25, 0.3) is 15.7 Å². The number of carbonyl (C=O) groups is 1. The van der Waals surface area contributed by atoms with Crippen LogP contribution in [0.4, 0.5) is 11.4 Å². The fourth-order valence-electron chi connectivity index (χ4n) is 2.99. The van der Waals surface area contributed by atoms with E-state index in [9.17, 15) is 23.3 Å². The highest BCUT2D eigenvalue weighted by Gasteiger charge is 2.29. The fraction of sp³-hybridized carbons (Fsp3) is 0.136. The van der Waals surface area contributed by atoms with Gasteiger partial charge in [-0.15, -0.1) is 0 Å². The van der Waals surface area contributed by atoms with Crippen LogP contribution in [0.3, 0.4) is 0 Å². The van der Waals surface area contributed by atoms with E-state index in [-0.39, 0.29) is 22.8 Å². The summed E-state index contributed by atoms with van der Waals surface area (Å²) in [5.74, 6) is -0.481. The number of rotatable bonds is 8. The predicted molar refractivity (Wildman–Crippen MR) is 122 cm³/mol. The number of sulfonamides is 1. The number of benzene rings is 3. The largest absolute Gasteiger partial charge is 0.340 e. The molecule has 0 heterocycles. The van der Waals surface area contributed by atoms with E-state index in [1.165, 1.54) is 35.2 Å². The summed E-state index contributed by atoms with van der Waals surface area (Å²) >= 11 is 5.89. The van der Waals surface area contributed by atoms with Gasteiger partial charge in [0, 0.05) is 30.7 Å². The van der Waals surface area contributed by atoms with Crippen molar-refractivity contribution >= 4 is 38.9 Å². The van der Waals surface area contributed by atoms with Crippen LogP contribution < -0.4 is 4.31 Å². The molecule has 0 bridgehead atoms. The highest BCUT2D eigenvalue weighted by atomic mass is 35.5. The van der Waals surface area contributed by atoms with Gasteiger partial charge in [-0.1, -0.05) is 48.0 Å². The minimum absolute atomic E-state index is 0.0243. The second-order valence-electron chi connectivity index (χ2n) is 6.98. The number of nitrogens with zero attached hydrogens (tertiary/aromatic N) is 3. The van der Waals surface area contributed by atoms with E-state index >= 15 is 0 Å². The Balaban J connectivity index is 1.93. The van der Waals surface area contributed by atoms with E-state index in [2.05, 4.69) is 0 Å². The molecule has 8 nitrogen and oxygen atoms in total. The van der Waals surface area contributed by atoms with Gasteiger partial charge >= 0.3 is 0 Å². The Morgan fingerprint density at radius 2 is 1.66 bits per heavy atom. The number of anilines is 1. The molecule has 3 aromatic rings. The Morgan fingerprint density at radius 3 is 2.28 bits per heavy atom. The van der Waals surface area contributed by atoms with Crippen molar-refractivity contribution in [2.45, 2.75) is 11.4 Å². The van der Waals surface area contributed by atoms with Gasteiger partial charge in [0.15, 0.2) is 0 Å². The molecule has 0 saturated carbocycles. The summed E-state index contributed by atoms with van der Waals surface area (Å²) in [4.78, 5) is 24.9. The molecule has 0 aliphatic carbocycles. The summed E-state index contributed by atoms with van der Waals surface area (Å²) < 4.78 is 27.6. The second kappa shape index (κ2) is 9.80. The van der Waals surface area contributed by atoms with Crippen molar-refractivity contribution in [3.05, 3.63) is 99.6 Å². The lowest BCUT2D eigenvalue weighted by molar-refractivity contribution is -0.384. The lowest BCUT2D eigenvalue weighted by Gasteiger charge is -2.26. The third kappa shape index (κ3) is 5.43. The van der Waals surface area contributed by atoms with Crippen LogP contribution in [-0.4, -0.2) is 37.7 Å². The lowest BCUT2D eigenvalue weighted by atomic mass is 10.2. The van der Waals surface area contributed by atoms with Gasteiger partial charge < -0.3 is 4.90 Å². The Bertz CT molecular complexity index is 1220. The summed E-state index contributed by atoms with van der Waals surface area (Å²) in [5, 5.41) is 11.8.